The minimum atomic E-state index is -4.61. The van der Waals surface area contributed by atoms with E-state index in [0.717, 1.165) is 16.8 Å². The number of pyridine rings is 1. The highest BCUT2D eigenvalue weighted by Crippen LogP contribution is 2.51. The van der Waals surface area contributed by atoms with E-state index < -0.39 is 37.0 Å². The molecule has 2 aromatic carbocycles. The number of rotatable bonds is 7. The summed E-state index contributed by atoms with van der Waals surface area (Å²) >= 11 is 0. The molecule has 0 saturated heterocycles. The lowest BCUT2D eigenvalue weighted by Crippen LogP contribution is -2.41. The molecule has 1 aliphatic rings. The summed E-state index contributed by atoms with van der Waals surface area (Å²) in [5.74, 6) is 0.120. The molecule has 1 atom stereocenters. The predicted molar refractivity (Wildman–Crippen MR) is 145 cm³/mol. The van der Waals surface area contributed by atoms with E-state index in [9.17, 15) is 23.8 Å². The van der Waals surface area contributed by atoms with Crippen LogP contribution in [0.3, 0.4) is 0 Å². The van der Waals surface area contributed by atoms with Gasteiger partial charge in [-0.2, -0.15) is 5.26 Å². The second-order valence-electron chi connectivity index (χ2n) is 9.99. The first-order valence-electron chi connectivity index (χ1n) is 12.0. The predicted octanol–water partition coefficient (Wildman–Crippen LogP) is 4.37. The molecule has 40 heavy (non-hydrogen) atoms. The maximum Gasteiger partial charge on any atom is 0.289 e. The van der Waals surface area contributed by atoms with Crippen molar-refractivity contribution >= 4 is 32.8 Å². The number of aromatic nitrogens is 2. The number of nitrogens with two attached hydrogens (primary N) is 1. The molecule has 0 spiro atoms. The number of oxazole rings is 1. The van der Waals surface area contributed by atoms with Gasteiger partial charge in [-0.15, -0.1) is 0 Å². The summed E-state index contributed by atoms with van der Waals surface area (Å²) in [4.78, 5) is 19.0. The summed E-state index contributed by atoms with van der Waals surface area (Å²) in [6.45, 7) is 3.73. The number of nitrogens with zero attached hydrogens (tertiary/aromatic N) is 5. The van der Waals surface area contributed by atoms with E-state index in [4.69, 9.17) is 15.6 Å². The lowest BCUT2D eigenvalue weighted by atomic mass is 9.85. The number of hydrogen-bond acceptors (Lipinski definition) is 10. The monoisotopic (exact) mass is 557 g/mol. The molecule has 0 amide bonds. The van der Waals surface area contributed by atoms with E-state index in [-0.39, 0.29) is 28.4 Å². The molecule has 13 heteroatoms. The molecule has 0 aliphatic heterocycles. The van der Waals surface area contributed by atoms with E-state index in [1.807, 2.05) is 13.8 Å². The van der Waals surface area contributed by atoms with Crippen LogP contribution in [0.1, 0.15) is 48.0 Å². The molecule has 5 rings (SSSR count). The van der Waals surface area contributed by atoms with Gasteiger partial charge in [-0.3, -0.25) is 24.8 Å². The third-order valence-electron chi connectivity index (χ3n) is 6.85. The van der Waals surface area contributed by atoms with Crippen molar-refractivity contribution in [2.45, 2.75) is 31.2 Å². The van der Waals surface area contributed by atoms with Crippen LogP contribution < -0.4 is 10.0 Å². The molecule has 0 radical (unpaired) electrons. The Morgan fingerprint density at radius 3 is 2.67 bits per heavy atom. The minimum Gasteiger partial charge on any atom is -0.442 e. The number of hydrogen-bond donors (Lipinski definition) is 2. The molecule has 2 heterocycles. The summed E-state index contributed by atoms with van der Waals surface area (Å²) in [6, 6.07) is 12.3. The van der Waals surface area contributed by atoms with Crippen LogP contribution in [0.25, 0.3) is 0 Å². The lowest BCUT2D eigenvalue weighted by molar-refractivity contribution is -0.387. The molecular formula is C27H23N7O5S. The topological polar surface area (TPSA) is 193 Å². The fourth-order valence-corrected chi connectivity index (χ4v) is 7.01. The lowest BCUT2D eigenvalue weighted by Gasteiger charge is -2.38. The van der Waals surface area contributed by atoms with Gasteiger partial charge in [0.2, 0.25) is 0 Å². The summed E-state index contributed by atoms with van der Waals surface area (Å²) in [5.41, 5.74) is 6.68. The Labute approximate surface area is 229 Å². The number of fused-ring (bicyclic) bond motifs is 1. The fourth-order valence-electron chi connectivity index (χ4n) is 5.08. The average molecular weight is 558 g/mol. The van der Waals surface area contributed by atoms with Crippen molar-refractivity contribution in [2.24, 2.45) is 5.41 Å². The Kier molecular flexibility index (Phi) is 6.35. The fraction of sp³-hybridized carbons (Fsp3) is 0.185. The molecular weight excluding hydrogens is 534 g/mol. The van der Waals surface area contributed by atoms with E-state index in [2.05, 4.69) is 16.0 Å². The van der Waals surface area contributed by atoms with Crippen LogP contribution in [0.4, 0.5) is 17.1 Å². The maximum atomic E-state index is 14.5. The normalized spacial score (nSPS) is 15.7. The van der Waals surface area contributed by atoms with Crippen LogP contribution >= 0.6 is 0 Å². The van der Waals surface area contributed by atoms with Gasteiger partial charge in [-0.25, -0.2) is 13.4 Å². The number of nitro groups is 1. The smallest absolute Gasteiger partial charge is 0.289 e. The zero-order valence-corrected chi connectivity index (χ0v) is 22.2. The van der Waals surface area contributed by atoms with Crippen LogP contribution in [0.5, 0.6) is 0 Å². The Balaban J connectivity index is 1.79. The van der Waals surface area contributed by atoms with Gasteiger partial charge in [0.05, 0.1) is 34.1 Å². The highest BCUT2D eigenvalue weighted by molar-refractivity contribution is 7.93. The Morgan fingerprint density at radius 2 is 2.00 bits per heavy atom. The van der Waals surface area contributed by atoms with Gasteiger partial charge in [-0.1, -0.05) is 26.0 Å². The van der Waals surface area contributed by atoms with E-state index in [1.165, 1.54) is 48.8 Å². The van der Waals surface area contributed by atoms with Crippen LogP contribution in [0.2, 0.25) is 0 Å². The third-order valence-corrected chi connectivity index (χ3v) is 8.69. The van der Waals surface area contributed by atoms with Crippen LogP contribution in [0.15, 0.2) is 76.6 Å². The molecule has 3 N–H and O–H groups in total. The van der Waals surface area contributed by atoms with Crippen LogP contribution in [0, 0.1) is 32.3 Å². The van der Waals surface area contributed by atoms with Crippen LogP contribution in [-0.4, -0.2) is 29.0 Å². The second kappa shape index (κ2) is 9.58. The average Bonchev–Trinajstić information content (AvgIpc) is 3.55. The minimum absolute atomic E-state index is 0.115. The second-order valence-corrected chi connectivity index (χ2v) is 11.8. The van der Waals surface area contributed by atoms with Gasteiger partial charge < -0.3 is 10.2 Å². The highest BCUT2D eigenvalue weighted by Gasteiger charge is 2.49. The number of benzene rings is 2. The molecule has 1 unspecified atom stereocenters. The summed E-state index contributed by atoms with van der Waals surface area (Å²) < 4.78 is 35.3. The Hall–Kier alpha value is -5.09. The standard InChI is InChI=1S/C27H23N7O5S/c1-27(2)11-17-9-16(12-28)13-32-25(17)26(27)33(40(37,38)23-6-4-3-5-21(23)34(35)36)18-7-8-20(29)19(10-18)24(30)22-14-31-15-39-22/h3-10,13-15,26,30H,11,29H2,1-2H3. The number of nitro benzene ring substituents is 1. The first-order valence-corrected chi connectivity index (χ1v) is 13.4. The maximum absolute atomic E-state index is 14.5. The summed E-state index contributed by atoms with van der Waals surface area (Å²) in [5, 5.41) is 29.9. The van der Waals surface area contributed by atoms with Crippen molar-refractivity contribution in [1.29, 1.82) is 10.7 Å². The molecule has 2 aromatic heterocycles. The number of sulfonamides is 1. The zero-order valence-electron chi connectivity index (χ0n) is 21.4. The van der Waals surface area contributed by atoms with E-state index in [0.29, 0.717) is 23.2 Å². The highest BCUT2D eigenvalue weighted by atomic mass is 32.2. The largest absolute Gasteiger partial charge is 0.442 e. The van der Waals surface area contributed by atoms with Gasteiger partial charge >= 0.3 is 0 Å². The third kappa shape index (κ3) is 4.34. The van der Waals surface area contributed by atoms with Crippen LogP contribution in [-0.2, 0) is 16.4 Å². The summed E-state index contributed by atoms with van der Waals surface area (Å²) in [7, 11) is -4.61. The number of nitriles is 1. The van der Waals surface area contributed by atoms with Gasteiger partial charge in [0.1, 0.15) is 11.8 Å². The van der Waals surface area contributed by atoms with Crippen molar-refractivity contribution in [3.05, 3.63) is 106 Å². The molecule has 202 valence electrons. The number of nitrogen functional groups attached to an aromatic ring is 1. The first-order chi connectivity index (χ1) is 19.0. The molecule has 0 saturated carbocycles. The quantitative estimate of drug-likeness (QED) is 0.144. The Bertz CT molecular complexity index is 1810. The zero-order chi connectivity index (χ0) is 28.8. The van der Waals surface area contributed by atoms with Crippen molar-refractivity contribution in [1.82, 2.24) is 9.97 Å². The van der Waals surface area contributed by atoms with Gasteiger partial charge in [0, 0.05) is 23.5 Å². The number of para-hydroxylation sites is 1. The van der Waals surface area contributed by atoms with E-state index >= 15 is 0 Å². The molecule has 4 aromatic rings. The molecule has 1 aliphatic carbocycles. The number of anilines is 2. The van der Waals surface area contributed by atoms with Crippen molar-refractivity contribution in [3.63, 3.8) is 0 Å². The van der Waals surface area contributed by atoms with Crippen molar-refractivity contribution < 1.29 is 17.8 Å². The van der Waals surface area contributed by atoms with Gasteiger partial charge in [-0.05, 0) is 47.7 Å². The molecule has 12 nitrogen and oxygen atoms in total. The van der Waals surface area contributed by atoms with Gasteiger partial charge in [0.15, 0.2) is 17.0 Å². The molecule has 0 fully saturated rings. The first kappa shape index (κ1) is 26.5. The SMILES string of the molecule is CC1(C)Cc2cc(C#N)cnc2C1N(c1ccc(N)c(C(=N)c2cnco2)c1)S(=O)(=O)c1ccccc1[N+](=O)[O-]. The number of nitrogens with one attached hydrogen (secondary N) is 1. The van der Waals surface area contributed by atoms with Crippen molar-refractivity contribution in [3.8, 4) is 6.07 Å². The molecule has 0 bridgehead atoms. The Morgan fingerprint density at radius 1 is 1.25 bits per heavy atom. The van der Waals surface area contributed by atoms with Crippen molar-refractivity contribution in [2.75, 3.05) is 10.0 Å². The summed E-state index contributed by atoms with van der Waals surface area (Å²) in [6.07, 6.45) is 4.27. The van der Waals surface area contributed by atoms with Gasteiger partial charge in [0.25, 0.3) is 15.7 Å². The van der Waals surface area contributed by atoms with E-state index in [1.54, 1.807) is 6.07 Å².